The summed E-state index contributed by atoms with van der Waals surface area (Å²) in [6.45, 7) is 1.81. The maximum Gasteiger partial charge on any atom is 0.337 e. The smallest absolute Gasteiger partial charge is 0.337 e. The molecule has 0 bridgehead atoms. The van der Waals surface area contributed by atoms with Crippen LogP contribution in [0, 0.1) is 0 Å². The molecule has 0 amide bonds. The van der Waals surface area contributed by atoms with Crippen LogP contribution in [0.25, 0.3) is 0 Å². The number of aromatic nitrogens is 2. The number of hydrogen-bond donors (Lipinski definition) is 1. The van der Waals surface area contributed by atoms with E-state index in [2.05, 4.69) is 5.10 Å². The second-order valence-corrected chi connectivity index (χ2v) is 6.70. The van der Waals surface area contributed by atoms with E-state index in [0.29, 0.717) is 12.1 Å². The monoisotopic (exact) mass is 323 g/mol. The first-order valence-electron chi connectivity index (χ1n) is 6.62. The standard InChI is InChI=1S/C14H17N3O4S/c1-4-11-13(9-16(2)15-11)22(20,21)17(3)12-8-6-5-7-10(12)14(18)19/h5-9H,4H2,1-3H3,(H,18,19). The van der Waals surface area contributed by atoms with Crippen molar-refractivity contribution in [2.75, 3.05) is 11.4 Å². The van der Waals surface area contributed by atoms with E-state index in [9.17, 15) is 18.3 Å². The average Bonchev–Trinajstić information content (AvgIpc) is 2.88. The highest BCUT2D eigenvalue weighted by molar-refractivity contribution is 7.92. The number of para-hydroxylation sites is 1. The summed E-state index contributed by atoms with van der Waals surface area (Å²) in [5, 5.41) is 13.3. The van der Waals surface area contributed by atoms with E-state index < -0.39 is 16.0 Å². The fourth-order valence-electron chi connectivity index (χ4n) is 2.18. The predicted molar refractivity (Wildman–Crippen MR) is 81.6 cm³/mol. The molecule has 2 aromatic rings. The van der Waals surface area contributed by atoms with Crippen LogP contribution in [-0.2, 0) is 23.5 Å². The Hall–Kier alpha value is -2.35. The summed E-state index contributed by atoms with van der Waals surface area (Å²) in [6, 6.07) is 5.98. The molecule has 7 nitrogen and oxygen atoms in total. The second-order valence-electron chi connectivity index (χ2n) is 4.76. The summed E-state index contributed by atoms with van der Waals surface area (Å²) in [6.07, 6.45) is 1.89. The molecule has 0 saturated carbocycles. The summed E-state index contributed by atoms with van der Waals surface area (Å²) in [7, 11) is -0.904. The Morgan fingerprint density at radius 3 is 2.59 bits per heavy atom. The van der Waals surface area contributed by atoms with Gasteiger partial charge in [-0.05, 0) is 18.6 Å². The third-order valence-corrected chi connectivity index (χ3v) is 5.13. The number of rotatable bonds is 5. The van der Waals surface area contributed by atoms with Gasteiger partial charge in [-0.15, -0.1) is 0 Å². The molecular weight excluding hydrogens is 306 g/mol. The molecule has 0 aliphatic rings. The van der Waals surface area contributed by atoms with Crippen molar-refractivity contribution >= 4 is 21.7 Å². The third kappa shape index (κ3) is 2.69. The number of nitrogens with zero attached hydrogens (tertiary/aromatic N) is 3. The van der Waals surface area contributed by atoms with Gasteiger partial charge < -0.3 is 5.11 Å². The number of aryl methyl sites for hydroxylation is 2. The minimum absolute atomic E-state index is 0.0736. The first-order valence-corrected chi connectivity index (χ1v) is 8.06. The maximum atomic E-state index is 12.8. The van der Waals surface area contributed by atoms with Gasteiger partial charge in [-0.1, -0.05) is 19.1 Å². The molecular formula is C14H17N3O4S. The summed E-state index contributed by atoms with van der Waals surface area (Å²) < 4.78 is 28.0. The number of sulfonamides is 1. The molecule has 0 spiro atoms. The highest BCUT2D eigenvalue weighted by Crippen LogP contribution is 2.27. The van der Waals surface area contributed by atoms with Crippen LogP contribution >= 0.6 is 0 Å². The topological polar surface area (TPSA) is 92.5 Å². The van der Waals surface area contributed by atoms with Crippen molar-refractivity contribution < 1.29 is 18.3 Å². The Morgan fingerprint density at radius 2 is 2.00 bits per heavy atom. The van der Waals surface area contributed by atoms with Crippen LogP contribution in [-0.4, -0.2) is 36.3 Å². The molecule has 0 aliphatic carbocycles. The van der Waals surface area contributed by atoms with Crippen LogP contribution in [0.2, 0.25) is 0 Å². The lowest BCUT2D eigenvalue weighted by Gasteiger charge is -2.20. The van der Waals surface area contributed by atoms with Crippen molar-refractivity contribution in [3.8, 4) is 0 Å². The molecule has 2 rings (SSSR count). The van der Waals surface area contributed by atoms with Crippen LogP contribution in [0.15, 0.2) is 35.4 Å². The first-order chi connectivity index (χ1) is 10.3. The number of aromatic carboxylic acids is 1. The van der Waals surface area contributed by atoms with Gasteiger partial charge in [-0.25, -0.2) is 13.2 Å². The van der Waals surface area contributed by atoms with Gasteiger partial charge in [0.05, 0.1) is 16.9 Å². The van der Waals surface area contributed by atoms with E-state index in [4.69, 9.17) is 0 Å². The van der Waals surface area contributed by atoms with Crippen LogP contribution in [0.1, 0.15) is 23.0 Å². The lowest BCUT2D eigenvalue weighted by molar-refractivity contribution is 0.0698. The minimum Gasteiger partial charge on any atom is -0.478 e. The number of hydrogen-bond acceptors (Lipinski definition) is 4. The fourth-order valence-corrected chi connectivity index (χ4v) is 3.66. The molecule has 1 heterocycles. The SMILES string of the molecule is CCc1nn(C)cc1S(=O)(=O)N(C)c1ccccc1C(=O)O. The Labute approximate surface area is 128 Å². The molecule has 0 saturated heterocycles. The van der Waals surface area contributed by atoms with E-state index >= 15 is 0 Å². The minimum atomic E-state index is -3.88. The number of anilines is 1. The molecule has 0 fully saturated rings. The Kier molecular flexibility index (Phi) is 4.23. The van der Waals surface area contributed by atoms with Gasteiger partial charge >= 0.3 is 5.97 Å². The van der Waals surface area contributed by atoms with Crippen molar-refractivity contribution in [3.63, 3.8) is 0 Å². The summed E-state index contributed by atoms with van der Waals surface area (Å²) in [5.74, 6) is -1.18. The Bertz CT molecular complexity index is 811. The zero-order valence-electron chi connectivity index (χ0n) is 12.5. The lowest BCUT2D eigenvalue weighted by Crippen LogP contribution is -2.28. The zero-order valence-corrected chi connectivity index (χ0v) is 13.3. The average molecular weight is 323 g/mol. The van der Waals surface area contributed by atoms with Crippen LogP contribution in [0.4, 0.5) is 5.69 Å². The van der Waals surface area contributed by atoms with E-state index in [1.165, 1.54) is 30.1 Å². The van der Waals surface area contributed by atoms with Crippen molar-refractivity contribution in [1.82, 2.24) is 9.78 Å². The third-order valence-electron chi connectivity index (χ3n) is 3.31. The summed E-state index contributed by atoms with van der Waals surface area (Å²) in [5.41, 5.74) is 0.485. The van der Waals surface area contributed by atoms with Gasteiger partial charge in [0.2, 0.25) is 0 Å². The molecule has 1 aromatic heterocycles. The van der Waals surface area contributed by atoms with Gasteiger partial charge in [0.25, 0.3) is 10.0 Å². The molecule has 1 N–H and O–H groups in total. The molecule has 118 valence electrons. The quantitative estimate of drug-likeness (QED) is 0.900. The summed E-state index contributed by atoms with van der Waals surface area (Å²) in [4.78, 5) is 11.4. The normalized spacial score (nSPS) is 11.4. The summed E-state index contributed by atoms with van der Waals surface area (Å²) >= 11 is 0. The van der Waals surface area contributed by atoms with Crippen LogP contribution in [0.3, 0.4) is 0 Å². The van der Waals surface area contributed by atoms with Crippen LogP contribution < -0.4 is 4.31 Å². The number of carboxylic acids is 1. The molecule has 8 heteroatoms. The highest BCUT2D eigenvalue weighted by atomic mass is 32.2. The molecule has 1 aromatic carbocycles. The van der Waals surface area contributed by atoms with Gasteiger partial charge in [0.1, 0.15) is 4.90 Å². The molecule has 0 unspecified atom stereocenters. The van der Waals surface area contributed by atoms with Crippen LogP contribution in [0.5, 0.6) is 0 Å². The van der Waals surface area contributed by atoms with Gasteiger partial charge in [0.15, 0.2) is 0 Å². The van der Waals surface area contributed by atoms with E-state index in [1.807, 2.05) is 6.92 Å². The second kappa shape index (κ2) is 5.80. The number of carboxylic acid groups (broad SMARTS) is 1. The number of carbonyl (C=O) groups is 1. The van der Waals surface area contributed by atoms with Crippen molar-refractivity contribution in [2.24, 2.45) is 7.05 Å². The largest absolute Gasteiger partial charge is 0.478 e. The number of benzene rings is 1. The lowest BCUT2D eigenvalue weighted by atomic mass is 10.2. The molecule has 22 heavy (non-hydrogen) atoms. The van der Waals surface area contributed by atoms with Gasteiger partial charge in [0, 0.05) is 20.3 Å². The fraction of sp³-hybridized carbons (Fsp3) is 0.286. The Balaban J connectivity index is 2.57. The molecule has 0 atom stereocenters. The zero-order chi connectivity index (χ0) is 16.5. The Morgan fingerprint density at radius 1 is 1.36 bits per heavy atom. The maximum absolute atomic E-state index is 12.8. The van der Waals surface area contributed by atoms with E-state index in [0.717, 1.165) is 4.31 Å². The van der Waals surface area contributed by atoms with Gasteiger partial charge in [-0.2, -0.15) is 5.10 Å². The highest BCUT2D eigenvalue weighted by Gasteiger charge is 2.28. The first kappa shape index (κ1) is 16.0. The van der Waals surface area contributed by atoms with E-state index in [1.54, 1.807) is 19.2 Å². The van der Waals surface area contributed by atoms with Gasteiger partial charge in [-0.3, -0.25) is 8.99 Å². The van der Waals surface area contributed by atoms with Crippen molar-refractivity contribution in [2.45, 2.75) is 18.2 Å². The van der Waals surface area contributed by atoms with Crippen molar-refractivity contribution in [3.05, 3.63) is 41.7 Å². The predicted octanol–water partition coefficient (Wildman–Crippen LogP) is 1.51. The van der Waals surface area contributed by atoms with E-state index in [-0.39, 0.29) is 16.1 Å². The molecule has 0 radical (unpaired) electrons. The molecule has 0 aliphatic heterocycles. The van der Waals surface area contributed by atoms with Crippen molar-refractivity contribution in [1.29, 1.82) is 0 Å².